The van der Waals surface area contributed by atoms with Crippen LogP contribution in [0.3, 0.4) is 0 Å². The van der Waals surface area contributed by atoms with Crippen molar-refractivity contribution in [1.82, 2.24) is 19.7 Å². The van der Waals surface area contributed by atoms with Crippen molar-refractivity contribution >= 4 is 23.3 Å². The van der Waals surface area contributed by atoms with Crippen molar-refractivity contribution < 1.29 is 9.18 Å². The number of aryl methyl sites for hydroxylation is 3. The molecule has 0 fully saturated rings. The molecule has 1 aliphatic rings. The highest BCUT2D eigenvalue weighted by atomic mass is 35.5. The van der Waals surface area contributed by atoms with E-state index < -0.39 is 0 Å². The Morgan fingerprint density at radius 3 is 2.38 bits per heavy atom. The van der Waals surface area contributed by atoms with E-state index in [9.17, 15) is 9.18 Å². The summed E-state index contributed by atoms with van der Waals surface area (Å²) in [6.45, 7) is 5.99. The van der Waals surface area contributed by atoms with Crippen LogP contribution in [0, 0.1) is 26.6 Å². The monoisotopic (exact) mass is 475 g/mol. The van der Waals surface area contributed by atoms with E-state index in [2.05, 4.69) is 9.97 Å². The summed E-state index contributed by atoms with van der Waals surface area (Å²) in [5.74, 6) is 0.372. The molecule has 0 spiro atoms. The van der Waals surface area contributed by atoms with Crippen LogP contribution in [0.2, 0.25) is 5.02 Å². The van der Waals surface area contributed by atoms with Gasteiger partial charge in [-0.05, 0) is 56.2 Å². The number of carbonyl (C=O) groups excluding carboxylic acids is 1. The lowest BCUT2D eigenvalue weighted by atomic mass is 9.85. The maximum atomic E-state index is 13.6. The quantitative estimate of drug-likeness (QED) is 0.394. The smallest absolute Gasteiger partial charge is 0.252 e. The van der Waals surface area contributed by atoms with Gasteiger partial charge in [-0.2, -0.15) is 9.78 Å². The van der Waals surface area contributed by atoms with Gasteiger partial charge in [0.05, 0.1) is 12.2 Å². The number of halogens is 2. The minimum Gasteiger partial charge on any atom is -0.292 e. The number of aromatic nitrogens is 4. The average Bonchev–Trinajstić information content (AvgIpc) is 3.14. The number of anilines is 1. The van der Waals surface area contributed by atoms with Crippen molar-refractivity contribution in [2.75, 3.05) is 4.90 Å². The fourth-order valence-corrected chi connectivity index (χ4v) is 4.87. The Bertz CT molecular complexity index is 1380. The molecular formula is C26H23ClFN5O. The molecule has 0 N–H and O–H groups in total. The lowest BCUT2D eigenvalue weighted by Gasteiger charge is -2.33. The maximum Gasteiger partial charge on any atom is 0.252 e. The highest BCUT2D eigenvalue weighted by Crippen LogP contribution is 2.44. The Morgan fingerprint density at radius 2 is 1.71 bits per heavy atom. The molecule has 172 valence electrons. The minimum absolute atomic E-state index is 0.0766. The fourth-order valence-electron chi connectivity index (χ4n) is 4.60. The first-order valence-corrected chi connectivity index (χ1v) is 11.4. The molecule has 5 rings (SSSR count). The lowest BCUT2D eigenvalue weighted by molar-refractivity contribution is -0.119. The van der Waals surface area contributed by atoms with E-state index in [-0.39, 0.29) is 30.6 Å². The Hall–Kier alpha value is -3.58. The zero-order valence-corrected chi connectivity index (χ0v) is 19.8. The molecular weight excluding hydrogens is 453 g/mol. The molecule has 0 unspecified atom stereocenters. The third-order valence-electron chi connectivity index (χ3n) is 6.06. The van der Waals surface area contributed by atoms with Gasteiger partial charge in [0, 0.05) is 34.3 Å². The van der Waals surface area contributed by atoms with E-state index in [1.807, 2.05) is 51.1 Å². The fraction of sp³-hybridized carbons (Fsp3) is 0.231. The molecule has 0 saturated heterocycles. The highest BCUT2D eigenvalue weighted by Gasteiger charge is 2.39. The number of amides is 1. The van der Waals surface area contributed by atoms with E-state index in [4.69, 9.17) is 16.7 Å². The molecule has 1 amide bonds. The molecule has 2 aromatic carbocycles. The molecule has 0 saturated carbocycles. The Kier molecular flexibility index (Phi) is 5.65. The molecule has 6 nitrogen and oxygen atoms in total. The van der Waals surface area contributed by atoms with Gasteiger partial charge in [-0.1, -0.05) is 41.9 Å². The van der Waals surface area contributed by atoms with Crippen molar-refractivity contribution in [3.05, 3.63) is 99.2 Å². The summed E-state index contributed by atoms with van der Waals surface area (Å²) in [7, 11) is 0. The van der Waals surface area contributed by atoms with Gasteiger partial charge >= 0.3 is 0 Å². The lowest BCUT2D eigenvalue weighted by Crippen LogP contribution is -2.38. The molecule has 3 heterocycles. The Labute approximate surface area is 202 Å². The second-order valence-electron chi connectivity index (χ2n) is 8.57. The van der Waals surface area contributed by atoms with Crippen molar-refractivity contribution in [1.29, 1.82) is 0 Å². The second-order valence-corrected chi connectivity index (χ2v) is 8.98. The molecule has 0 radical (unpaired) electrons. The molecule has 34 heavy (non-hydrogen) atoms. The third kappa shape index (κ3) is 3.96. The molecule has 8 heteroatoms. The minimum atomic E-state index is -0.322. The molecule has 2 aromatic heterocycles. The SMILES string of the molecule is Cc1cc(C)nc(-n2nc(C)c3c2N(Cc2ccc(F)cc2)C(=O)C[C@H]3c2ccccc2Cl)n1. The summed E-state index contributed by atoms with van der Waals surface area (Å²) in [6, 6.07) is 15.6. The molecule has 4 aromatic rings. The largest absolute Gasteiger partial charge is 0.292 e. The van der Waals surface area contributed by atoms with Gasteiger partial charge in [-0.25, -0.2) is 14.4 Å². The predicted molar refractivity (Wildman–Crippen MR) is 129 cm³/mol. The van der Waals surface area contributed by atoms with Gasteiger partial charge in [-0.15, -0.1) is 0 Å². The molecule has 1 atom stereocenters. The number of fused-ring (bicyclic) bond motifs is 1. The number of hydrogen-bond donors (Lipinski definition) is 0. The van der Waals surface area contributed by atoms with Crippen molar-refractivity contribution in [2.45, 2.75) is 39.7 Å². The Morgan fingerprint density at radius 1 is 1.03 bits per heavy atom. The number of nitrogens with zero attached hydrogens (tertiary/aromatic N) is 5. The van der Waals surface area contributed by atoms with Gasteiger partial charge in [0.1, 0.15) is 11.6 Å². The highest BCUT2D eigenvalue weighted by molar-refractivity contribution is 6.31. The van der Waals surface area contributed by atoms with Gasteiger partial charge in [0.15, 0.2) is 0 Å². The van der Waals surface area contributed by atoms with Crippen LogP contribution in [-0.2, 0) is 11.3 Å². The summed E-state index contributed by atoms with van der Waals surface area (Å²) < 4.78 is 15.1. The maximum absolute atomic E-state index is 13.6. The standard InChI is InChI=1S/C26H23ClFN5O/c1-15-12-16(2)30-26(29-15)33-25-24(17(3)31-33)21(20-6-4-5-7-22(20)27)13-23(34)32(25)14-18-8-10-19(28)11-9-18/h4-12,21H,13-14H2,1-3H3/t21-/m0/s1. The van der Waals surface area contributed by atoms with Gasteiger partial charge < -0.3 is 0 Å². The van der Waals surface area contributed by atoms with Crippen LogP contribution >= 0.6 is 11.6 Å². The zero-order chi connectivity index (χ0) is 24.0. The first-order chi connectivity index (χ1) is 16.3. The van der Waals surface area contributed by atoms with Gasteiger partial charge in [0.2, 0.25) is 5.91 Å². The molecule has 1 aliphatic heterocycles. The predicted octanol–water partition coefficient (Wildman–Crippen LogP) is 5.45. The van der Waals surface area contributed by atoms with E-state index >= 15 is 0 Å². The second kappa shape index (κ2) is 8.65. The normalized spacial score (nSPS) is 15.5. The summed E-state index contributed by atoms with van der Waals surface area (Å²) >= 11 is 6.56. The van der Waals surface area contributed by atoms with Crippen molar-refractivity contribution in [3.8, 4) is 5.95 Å². The van der Waals surface area contributed by atoms with Crippen LogP contribution in [0.5, 0.6) is 0 Å². The van der Waals surface area contributed by atoms with Gasteiger partial charge in [0.25, 0.3) is 5.95 Å². The van der Waals surface area contributed by atoms with Crippen LogP contribution in [0.1, 0.15) is 46.1 Å². The summed E-state index contributed by atoms with van der Waals surface area (Å²) in [6.07, 6.45) is 0.248. The molecule has 0 aliphatic carbocycles. The van der Waals surface area contributed by atoms with E-state index in [0.29, 0.717) is 16.8 Å². The van der Waals surface area contributed by atoms with Crippen LogP contribution in [0.15, 0.2) is 54.6 Å². The van der Waals surface area contributed by atoms with E-state index in [1.54, 1.807) is 21.7 Å². The van der Waals surface area contributed by atoms with Crippen molar-refractivity contribution in [2.24, 2.45) is 0 Å². The number of benzene rings is 2. The van der Waals surface area contributed by atoms with Gasteiger partial charge in [-0.3, -0.25) is 9.69 Å². The zero-order valence-electron chi connectivity index (χ0n) is 19.1. The summed E-state index contributed by atoms with van der Waals surface area (Å²) in [4.78, 5) is 24.5. The van der Waals surface area contributed by atoms with E-state index in [0.717, 1.165) is 33.8 Å². The van der Waals surface area contributed by atoms with Crippen LogP contribution in [-0.4, -0.2) is 25.7 Å². The van der Waals surface area contributed by atoms with Crippen LogP contribution in [0.25, 0.3) is 5.95 Å². The Balaban J connectivity index is 1.72. The average molecular weight is 476 g/mol. The number of rotatable bonds is 4. The third-order valence-corrected chi connectivity index (χ3v) is 6.40. The van der Waals surface area contributed by atoms with Crippen molar-refractivity contribution in [3.63, 3.8) is 0 Å². The summed E-state index contributed by atoms with van der Waals surface area (Å²) in [5, 5.41) is 5.39. The van der Waals surface area contributed by atoms with Crippen LogP contribution < -0.4 is 4.90 Å². The molecule has 0 bridgehead atoms. The summed E-state index contributed by atoms with van der Waals surface area (Å²) in [5.41, 5.74) is 4.99. The van der Waals surface area contributed by atoms with Crippen LogP contribution in [0.4, 0.5) is 10.2 Å². The number of hydrogen-bond acceptors (Lipinski definition) is 4. The first kappa shape index (κ1) is 22.2. The topological polar surface area (TPSA) is 63.9 Å². The number of carbonyl (C=O) groups is 1. The van der Waals surface area contributed by atoms with E-state index in [1.165, 1.54) is 12.1 Å². The first-order valence-electron chi connectivity index (χ1n) is 11.0.